The summed E-state index contributed by atoms with van der Waals surface area (Å²) in [5, 5.41) is 0. The van der Waals surface area contributed by atoms with Crippen molar-refractivity contribution in [1.29, 1.82) is 0 Å². The number of ether oxygens (including phenoxy) is 1. The molecule has 0 radical (unpaired) electrons. The second-order valence-corrected chi connectivity index (χ2v) is 4.96. The Morgan fingerprint density at radius 1 is 1.53 bits per heavy atom. The summed E-state index contributed by atoms with van der Waals surface area (Å²) in [6.07, 6.45) is 4.37. The minimum Gasteiger partial charge on any atom is -0.370 e. The Balaban J connectivity index is 2.25. The molecule has 2 heterocycles. The zero-order chi connectivity index (χ0) is 13.8. The molecule has 1 aromatic rings. The highest BCUT2D eigenvalue weighted by molar-refractivity contribution is 5.36. The molecule has 0 saturated carbocycles. The molecule has 106 valence electrons. The van der Waals surface area contributed by atoms with Gasteiger partial charge in [-0.2, -0.15) is 0 Å². The standard InChI is InChI=1S/C13H22N4O2/c1-3-5-16-6-4-15-12(13(16)18)17-8-10(2)19-11(7-14)9-17/h4,6,10-11H,3,5,7-9,14H2,1-2H3. The van der Waals surface area contributed by atoms with E-state index in [-0.39, 0.29) is 17.8 Å². The van der Waals surface area contributed by atoms with Crippen LogP contribution in [0, 0.1) is 0 Å². The van der Waals surface area contributed by atoms with E-state index in [1.54, 1.807) is 17.0 Å². The Morgan fingerprint density at radius 2 is 2.32 bits per heavy atom. The molecule has 0 amide bonds. The Hall–Kier alpha value is -1.40. The number of morpholine rings is 1. The van der Waals surface area contributed by atoms with E-state index in [1.807, 2.05) is 18.7 Å². The lowest BCUT2D eigenvalue weighted by Crippen LogP contribution is -2.51. The van der Waals surface area contributed by atoms with Gasteiger partial charge >= 0.3 is 0 Å². The van der Waals surface area contributed by atoms with Crippen LogP contribution in [0.5, 0.6) is 0 Å². The number of hydrogen-bond acceptors (Lipinski definition) is 5. The largest absolute Gasteiger partial charge is 0.370 e. The predicted octanol–water partition coefficient (Wildman–Crippen LogP) is 0.206. The molecule has 1 saturated heterocycles. The smallest absolute Gasteiger partial charge is 0.293 e. The van der Waals surface area contributed by atoms with Crippen LogP contribution < -0.4 is 16.2 Å². The number of rotatable bonds is 4. The highest BCUT2D eigenvalue weighted by Gasteiger charge is 2.26. The number of nitrogens with two attached hydrogens (primary N) is 1. The third-order valence-corrected chi connectivity index (χ3v) is 3.25. The topological polar surface area (TPSA) is 73.4 Å². The van der Waals surface area contributed by atoms with Gasteiger partial charge in [0.05, 0.1) is 12.2 Å². The van der Waals surface area contributed by atoms with Gasteiger partial charge in [0.2, 0.25) is 0 Å². The monoisotopic (exact) mass is 266 g/mol. The molecule has 6 nitrogen and oxygen atoms in total. The second kappa shape index (κ2) is 6.16. The van der Waals surface area contributed by atoms with Crippen LogP contribution in [0.2, 0.25) is 0 Å². The van der Waals surface area contributed by atoms with Gasteiger partial charge in [-0.3, -0.25) is 4.79 Å². The van der Waals surface area contributed by atoms with E-state index in [0.717, 1.165) is 6.42 Å². The van der Waals surface area contributed by atoms with Crippen LogP contribution in [0.25, 0.3) is 0 Å². The maximum atomic E-state index is 12.3. The first-order valence-electron chi connectivity index (χ1n) is 6.81. The molecule has 2 N–H and O–H groups in total. The highest BCUT2D eigenvalue weighted by atomic mass is 16.5. The summed E-state index contributed by atoms with van der Waals surface area (Å²) in [4.78, 5) is 18.6. The van der Waals surface area contributed by atoms with E-state index in [2.05, 4.69) is 4.98 Å². The first-order chi connectivity index (χ1) is 9.15. The van der Waals surface area contributed by atoms with Gasteiger partial charge in [0.15, 0.2) is 5.82 Å². The van der Waals surface area contributed by atoms with Crippen molar-refractivity contribution in [3.05, 3.63) is 22.7 Å². The first-order valence-corrected chi connectivity index (χ1v) is 6.81. The van der Waals surface area contributed by atoms with Gasteiger partial charge in [-0.25, -0.2) is 4.98 Å². The van der Waals surface area contributed by atoms with Crippen LogP contribution in [0.4, 0.5) is 5.82 Å². The van der Waals surface area contributed by atoms with Crippen molar-refractivity contribution >= 4 is 5.82 Å². The Bertz CT molecular complexity index is 474. The van der Waals surface area contributed by atoms with Gasteiger partial charge in [-0.1, -0.05) is 6.92 Å². The summed E-state index contributed by atoms with van der Waals surface area (Å²) in [6, 6.07) is 0. The van der Waals surface area contributed by atoms with Gasteiger partial charge in [-0.15, -0.1) is 0 Å². The SMILES string of the molecule is CCCn1ccnc(N2CC(C)OC(CN)C2)c1=O. The quantitative estimate of drug-likeness (QED) is 0.843. The van der Waals surface area contributed by atoms with E-state index in [4.69, 9.17) is 10.5 Å². The molecule has 2 unspecified atom stereocenters. The van der Waals surface area contributed by atoms with Crippen molar-refractivity contribution in [1.82, 2.24) is 9.55 Å². The summed E-state index contributed by atoms with van der Waals surface area (Å²) in [5.74, 6) is 0.504. The summed E-state index contributed by atoms with van der Waals surface area (Å²) >= 11 is 0. The van der Waals surface area contributed by atoms with Gasteiger partial charge in [0, 0.05) is 38.6 Å². The molecule has 1 aliphatic heterocycles. The number of aromatic nitrogens is 2. The van der Waals surface area contributed by atoms with Crippen molar-refractivity contribution in [2.75, 3.05) is 24.5 Å². The van der Waals surface area contributed by atoms with E-state index in [0.29, 0.717) is 32.0 Å². The summed E-state index contributed by atoms with van der Waals surface area (Å²) in [5.41, 5.74) is 5.63. The number of anilines is 1. The van der Waals surface area contributed by atoms with Crippen molar-refractivity contribution in [3.63, 3.8) is 0 Å². The van der Waals surface area contributed by atoms with Crippen molar-refractivity contribution < 1.29 is 4.74 Å². The van der Waals surface area contributed by atoms with E-state index >= 15 is 0 Å². The van der Waals surface area contributed by atoms with Gasteiger partial charge in [0.1, 0.15) is 0 Å². The zero-order valence-corrected chi connectivity index (χ0v) is 11.6. The van der Waals surface area contributed by atoms with Crippen LogP contribution in [0.1, 0.15) is 20.3 Å². The third kappa shape index (κ3) is 3.13. The molecule has 0 spiro atoms. The Labute approximate surface area is 113 Å². The third-order valence-electron chi connectivity index (χ3n) is 3.25. The molecular formula is C13H22N4O2. The van der Waals surface area contributed by atoms with E-state index in [9.17, 15) is 4.79 Å². The van der Waals surface area contributed by atoms with Crippen LogP contribution in [0.15, 0.2) is 17.2 Å². The Kier molecular flexibility index (Phi) is 4.55. The van der Waals surface area contributed by atoms with Crippen molar-refractivity contribution in [3.8, 4) is 0 Å². The van der Waals surface area contributed by atoms with Crippen LogP contribution in [0.3, 0.4) is 0 Å². The summed E-state index contributed by atoms with van der Waals surface area (Å²) < 4.78 is 7.41. The molecule has 2 rings (SSSR count). The molecular weight excluding hydrogens is 244 g/mol. The van der Waals surface area contributed by atoms with E-state index in [1.165, 1.54) is 0 Å². The molecule has 1 fully saturated rings. The fourth-order valence-electron chi connectivity index (χ4n) is 2.42. The van der Waals surface area contributed by atoms with Crippen molar-refractivity contribution in [2.24, 2.45) is 5.73 Å². The molecule has 1 aliphatic rings. The maximum absolute atomic E-state index is 12.3. The number of nitrogens with zero attached hydrogens (tertiary/aromatic N) is 3. The second-order valence-electron chi connectivity index (χ2n) is 4.96. The summed E-state index contributed by atoms with van der Waals surface area (Å²) in [7, 11) is 0. The minimum atomic E-state index is -0.0372. The maximum Gasteiger partial charge on any atom is 0.293 e. The van der Waals surface area contributed by atoms with Crippen LogP contribution >= 0.6 is 0 Å². The average Bonchev–Trinajstić information content (AvgIpc) is 2.40. The predicted molar refractivity (Wildman–Crippen MR) is 74.4 cm³/mol. The van der Waals surface area contributed by atoms with Gasteiger partial charge in [0.25, 0.3) is 5.56 Å². The molecule has 0 bridgehead atoms. The minimum absolute atomic E-state index is 0.0331. The molecule has 0 aromatic carbocycles. The number of aryl methyl sites for hydroxylation is 1. The number of hydrogen-bond donors (Lipinski definition) is 1. The fourth-order valence-corrected chi connectivity index (χ4v) is 2.42. The lowest BCUT2D eigenvalue weighted by molar-refractivity contribution is -0.0108. The fraction of sp³-hybridized carbons (Fsp3) is 0.692. The van der Waals surface area contributed by atoms with Gasteiger partial charge < -0.3 is 19.9 Å². The highest BCUT2D eigenvalue weighted by Crippen LogP contribution is 2.14. The zero-order valence-electron chi connectivity index (χ0n) is 11.6. The average molecular weight is 266 g/mol. The molecule has 6 heteroatoms. The first kappa shape index (κ1) is 14.0. The summed E-state index contributed by atoms with van der Waals surface area (Å²) in [6.45, 7) is 6.51. The molecule has 19 heavy (non-hydrogen) atoms. The van der Waals surface area contributed by atoms with Crippen LogP contribution in [-0.4, -0.2) is 41.4 Å². The molecule has 0 aliphatic carbocycles. The Morgan fingerprint density at radius 3 is 3.00 bits per heavy atom. The van der Waals surface area contributed by atoms with Crippen molar-refractivity contribution in [2.45, 2.75) is 39.0 Å². The molecule has 2 atom stereocenters. The van der Waals surface area contributed by atoms with Gasteiger partial charge in [-0.05, 0) is 13.3 Å². The lowest BCUT2D eigenvalue weighted by atomic mass is 10.2. The lowest BCUT2D eigenvalue weighted by Gasteiger charge is -2.36. The van der Waals surface area contributed by atoms with Crippen LogP contribution in [-0.2, 0) is 11.3 Å². The van der Waals surface area contributed by atoms with E-state index < -0.39 is 0 Å². The molecule has 1 aromatic heterocycles. The normalized spacial score (nSPS) is 23.6.